The predicted molar refractivity (Wildman–Crippen MR) is 49.5 cm³/mol. The standard InChI is InChI=1S/C10H15NO/c1-5-9-6-10(8(3)12)7(2)11(9)4/h6H,5H2,1-4H3. The lowest BCUT2D eigenvalue weighted by Crippen LogP contribution is -1.98. The van der Waals surface area contributed by atoms with Crippen molar-refractivity contribution in [2.45, 2.75) is 27.2 Å². The fourth-order valence-electron chi connectivity index (χ4n) is 1.46. The third-order valence-electron chi connectivity index (χ3n) is 2.38. The van der Waals surface area contributed by atoms with Gasteiger partial charge in [-0.2, -0.15) is 0 Å². The Labute approximate surface area is 73.2 Å². The van der Waals surface area contributed by atoms with Crippen LogP contribution in [-0.4, -0.2) is 10.4 Å². The van der Waals surface area contributed by atoms with Gasteiger partial charge in [0.1, 0.15) is 0 Å². The molecule has 1 aromatic rings. The van der Waals surface area contributed by atoms with E-state index in [2.05, 4.69) is 11.5 Å². The van der Waals surface area contributed by atoms with Gasteiger partial charge < -0.3 is 4.57 Å². The number of aromatic nitrogens is 1. The Hall–Kier alpha value is -1.05. The van der Waals surface area contributed by atoms with Crippen LogP contribution in [0.4, 0.5) is 0 Å². The third-order valence-corrected chi connectivity index (χ3v) is 2.38. The molecule has 0 aliphatic heterocycles. The lowest BCUT2D eigenvalue weighted by Gasteiger charge is -2.00. The molecule has 2 nitrogen and oxygen atoms in total. The van der Waals surface area contributed by atoms with Crippen LogP contribution in [0, 0.1) is 6.92 Å². The number of Topliss-reactive ketones (excluding diaryl/α,β-unsaturated/α-hetero) is 1. The smallest absolute Gasteiger partial charge is 0.161 e. The summed E-state index contributed by atoms with van der Waals surface area (Å²) in [7, 11) is 2.00. The maximum absolute atomic E-state index is 11.1. The van der Waals surface area contributed by atoms with Crippen LogP contribution in [-0.2, 0) is 13.5 Å². The van der Waals surface area contributed by atoms with Crippen molar-refractivity contribution in [2.24, 2.45) is 7.05 Å². The Balaban J connectivity index is 3.25. The summed E-state index contributed by atoms with van der Waals surface area (Å²) >= 11 is 0. The van der Waals surface area contributed by atoms with Crippen molar-refractivity contribution in [3.8, 4) is 0 Å². The highest BCUT2D eigenvalue weighted by atomic mass is 16.1. The van der Waals surface area contributed by atoms with Crippen molar-refractivity contribution in [2.75, 3.05) is 0 Å². The molecule has 0 saturated carbocycles. The monoisotopic (exact) mass is 165 g/mol. The molecule has 2 heteroatoms. The van der Waals surface area contributed by atoms with E-state index in [1.54, 1.807) is 6.92 Å². The van der Waals surface area contributed by atoms with Crippen LogP contribution in [0.15, 0.2) is 6.07 Å². The largest absolute Gasteiger partial charge is 0.351 e. The Morgan fingerprint density at radius 1 is 1.58 bits per heavy atom. The quantitative estimate of drug-likeness (QED) is 0.615. The predicted octanol–water partition coefficient (Wildman–Crippen LogP) is 2.10. The zero-order chi connectivity index (χ0) is 9.30. The fourth-order valence-corrected chi connectivity index (χ4v) is 1.46. The van der Waals surface area contributed by atoms with Crippen molar-refractivity contribution in [1.29, 1.82) is 0 Å². The number of ketones is 1. The molecule has 1 aromatic heterocycles. The molecule has 0 aromatic carbocycles. The maximum Gasteiger partial charge on any atom is 0.161 e. The summed E-state index contributed by atoms with van der Waals surface area (Å²) in [5.41, 5.74) is 3.14. The number of hydrogen-bond acceptors (Lipinski definition) is 1. The van der Waals surface area contributed by atoms with Gasteiger partial charge in [0.25, 0.3) is 0 Å². The van der Waals surface area contributed by atoms with Crippen LogP contribution in [0.25, 0.3) is 0 Å². The van der Waals surface area contributed by atoms with Gasteiger partial charge >= 0.3 is 0 Å². The Morgan fingerprint density at radius 3 is 2.42 bits per heavy atom. The molecule has 0 unspecified atom stereocenters. The first-order chi connectivity index (χ1) is 5.57. The van der Waals surface area contributed by atoms with Gasteiger partial charge in [0.2, 0.25) is 0 Å². The molecule has 0 atom stereocenters. The highest BCUT2D eigenvalue weighted by Crippen LogP contribution is 2.14. The molecular formula is C10H15NO. The second-order valence-electron chi connectivity index (χ2n) is 3.10. The summed E-state index contributed by atoms with van der Waals surface area (Å²) in [4.78, 5) is 11.1. The summed E-state index contributed by atoms with van der Waals surface area (Å²) in [6, 6.07) is 1.98. The van der Waals surface area contributed by atoms with Crippen molar-refractivity contribution in [3.63, 3.8) is 0 Å². The average Bonchev–Trinajstić information content (AvgIpc) is 2.30. The minimum absolute atomic E-state index is 0.155. The molecule has 0 bridgehead atoms. The lowest BCUT2D eigenvalue weighted by molar-refractivity contribution is 0.101. The van der Waals surface area contributed by atoms with Crippen LogP contribution < -0.4 is 0 Å². The first-order valence-electron chi connectivity index (χ1n) is 4.24. The van der Waals surface area contributed by atoms with Gasteiger partial charge in [0.05, 0.1) is 0 Å². The summed E-state index contributed by atoms with van der Waals surface area (Å²) in [6.45, 7) is 5.69. The van der Waals surface area contributed by atoms with Gasteiger partial charge in [-0.05, 0) is 26.3 Å². The normalized spacial score (nSPS) is 10.3. The van der Waals surface area contributed by atoms with Crippen LogP contribution in [0.2, 0.25) is 0 Å². The molecule has 0 radical (unpaired) electrons. The van der Waals surface area contributed by atoms with E-state index in [1.807, 2.05) is 20.0 Å². The molecule has 66 valence electrons. The summed E-state index contributed by atoms with van der Waals surface area (Å²) in [6.07, 6.45) is 0.977. The summed E-state index contributed by atoms with van der Waals surface area (Å²) < 4.78 is 2.08. The number of carbonyl (C=O) groups is 1. The molecule has 0 N–H and O–H groups in total. The lowest BCUT2D eigenvalue weighted by atomic mass is 10.2. The van der Waals surface area contributed by atoms with Crippen LogP contribution in [0.5, 0.6) is 0 Å². The van der Waals surface area contributed by atoms with E-state index in [0.717, 1.165) is 17.7 Å². The second-order valence-corrected chi connectivity index (χ2v) is 3.10. The molecular weight excluding hydrogens is 150 g/mol. The number of rotatable bonds is 2. The Bertz CT molecular complexity index is 310. The zero-order valence-corrected chi connectivity index (χ0v) is 8.14. The molecule has 0 aliphatic rings. The fraction of sp³-hybridized carbons (Fsp3) is 0.500. The van der Waals surface area contributed by atoms with Crippen LogP contribution in [0.1, 0.15) is 35.6 Å². The zero-order valence-electron chi connectivity index (χ0n) is 8.14. The molecule has 0 amide bonds. The van der Waals surface area contributed by atoms with E-state index in [0.29, 0.717) is 0 Å². The van der Waals surface area contributed by atoms with Crippen molar-refractivity contribution < 1.29 is 4.79 Å². The van der Waals surface area contributed by atoms with E-state index in [1.165, 1.54) is 5.69 Å². The van der Waals surface area contributed by atoms with E-state index in [4.69, 9.17) is 0 Å². The minimum Gasteiger partial charge on any atom is -0.351 e. The third kappa shape index (κ3) is 1.29. The second kappa shape index (κ2) is 3.13. The van der Waals surface area contributed by atoms with Crippen LogP contribution >= 0.6 is 0 Å². The highest BCUT2D eigenvalue weighted by Gasteiger charge is 2.10. The van der Waals surface area contributed by atoms with Gasteiger partial charge in [-0.15, -0.1) is 0 Å². The molecule has 1 heterocycles. The molecule has 0 aliphatic carbocycles. The molecule has 0 spiro atoms. The van der Waals surface area contributed by atoms with Crippen molar-refractivity contribution in [1.82, 2.24) is 4.57 Å². The van der Waals surface area contributed by atoms with Crippen molar-refractivity contribution >= 4 is 5.78 Å². The van der Waals surface area contributed by atoms with Gasteiger partial charge in [0.15, 0.2) is 5.78 Å². The topological polar surface area (TPSA) is 22.0 Å². The average molecular weight is 165 g/mol. The highest BCUT2D eigenvalue weighted by molar-refractivity contribution is 5.95. The van der Waals surface area contributed by atoms with E-state index in [9.17, 15) is 4.79 Å². The molecule has 12 heavy (non-hydrogen) atoms. The summed E-state index contributed by atoms with van der Waals surface area (Å²) in [5, 5.41) is 0. The SMILES string of the molecule is CCc1cc(C(C)=O)c(C)n1C. The molecule has 0 saturated heterocycles. The molecule has 0 fully saturated rings. The van der Waals surface area contributed by atoms with E-state index >= 15 is 0 Å². The number of aryl methyl sites for hydroxylation is 1. The first-order valence-corrected chi connectivity index (χ1v) is 4.24. The van der Waals surface area contributed by atoms with Gasteiger partial charge in [0, 0.05) is 24.0 Å². The first kappa shape index (κ1) is 9.04. The Kier molecular flexibility index (Phi) is 2.36. The number of nitrogens with zero attached hydrogens (tertiary/aromatic N) is 1. The van der Waals surface area contributed by atoms with Gasteiger partial charge in [-0.25, -0.2) is 0 Å². The Morgan fingerprint density at radius 2 is 2.17 bits per heavy atom. The number of hydrogen-bond donors (Lipinski definition) is 0. The minimum atomic E-state index is 0.155. The van der Waals surface area contributed by atoms with Gasteiger partial charge in [-0.1, -0.05) is 6.92 Å². The van der Waals surface area contributed by atoms with Gasteiger partial charge in [-0.3, -0.25) is 4.79 Å². The summed E-state index contributed by atoms with van der Waals surface area (Å²) in [5.74, 6) is 0.155. The van der Waals surface area contributed by atoms with Crippen molar-refractivity contribution in [3.05, 3.63) is 23.0 Å². The van der Waals surface area contributed by atoms with Crippen LogP contribution in [0.3, 0.4) is 0 Å². The van der Waals surface area contributed by atoms with E-state index in [-0.39, 0.29) is 5.78 Å². The molecule has 1 rings (SSSR count). The number of carbonyl (C=O) groups excluding carboxylic acids is 1. The van der Waals surface area contributed by atoms with E-state index < -0.39 is 0 Å². The maximum atomic E-state index is 11.1.